The Morgan fingerprint density at radius 1 is 1.32 bits per heavy atom. The maximum absolute atomic E-state index is 12.0. The van der Waals surface area contributed by atoms with Crippen molar-refractivity contribution in [3.05, 3.63) is 45.4 Å². The normalized spacial score (nSPS) is 10.2. The van der Waals surface area contributed by atoms with Crippen molar-refractivity contribution >= 4 is 28.9 Å². The standard InChI is InChI=1S/C13H12N2O3S/c1-7-4-3-5-9(13(17)18)11(7)15-12(16)10-6-14-8(2)19-10/h3-6H,1-2H3,(H,15,16)(H,17,18). The number of aryl methyl sites for hydroxylation is 2. The Morgan fingerprint density at radius 3 is 2.63 bits per heavy atom. The average molecular weight is 276 g/mol. The van der Waals surface area contributed by atoms with E-state index in [2.05, 4.69) is 10.3 Å². The summed E-state index contributed by atoms with van der Waals surface area (Å²) in [6.07, 6.45) is 1.48. The molecule has 2 rings (SSSR count). The number of aromatic nitrogens is 1. The van der Waals surface area contributed by atoms with E-state index < -0.39 is 5.97 Å². The fraction of sp³-hybridized carbons (Fsp3) is 0.154. The van der Waals surface area contributed by atoms with E-state index in [1.54, 1.807) is 26.0 Å². The number of para-hydroxylation sites is 1. The molecule has 2 N–H and O–H groups in total. The van der Waals surface area contributed by atoms with Gasteiger partial charge in [0.2, 0.25) is 0 Å². The Bertz CT molecular complexity index is 649. The zero-order chi connectivity index (χ0) is 14.0. The molecule has 0 atom stereocenters. The number of amides is 1. The third kappa shape index (κ3) is 2.79. The first-order valence-corrected chi connectivity index (χ1v) is 6.37. The van der Waals surface area contributed by atoms with Crippen molar-refractivity contribution in [3.63, 3.8) is 0 Å². The number of rotatable bonds is 3. The minimum absolute atomic E-state index is 0.0783. The predicted octanol–water partition coefficient (Wildman–Crippen LogP) is 2.71. The first-order chi connectivity index (χ1) is 8.99. The first kappa shape index (κ1) is 13.2. The van der Waals surface area contributed by atoms with Gasteiger partial charge in [-0.05, 0) is 25.5 Å². The van der Waals surface area contributed by atoms with Crippen LogP contribution < -0.4 is 5.32 Å². The van der Waals surface area contributed by atoms with Gasteiger partial charge in [0.15, 0.2) is 0 Å². The zero-order valence-corrected chi connectivity index (χ0v) is 11.2. The van der Waals surface area contributed by atoms with Gasteiger partial charge in [-0.3, -0.25) is 4.79 Å². The lowest BCUT2D eigenvalue weighted by Crippen LogP contribution is -2.14. The molecule has 19 heavy (non-hydrogen) atoms. The number of carboxylic acid groups (broad SMARTS) is 1. The summed E-state index contributed by atoms with van der Waals surface area (Å²) in [5.41, 5.74) is 1.11. The number of carboxylic acids is 1. The molecule has 0 saturated carbocycles. The molecule has 0 spiro atoms. The SMILES string of the molecule is Cc1ncc(C(=O)Nc2c(C)cccc2C(=O)O)s1. The molecule has 1 heterocycles. The van der Waals surface area contributed by atoms with Gasteiger partial charge in [0.05, 0.1) is 22.5 Å². The summed E-state index contributed by atoms with van der Waals surface area (Å²) in [5, 5.41) is 12.5. The number of benzene rings is 1. The van der Waals surface area contributed by atoms with Gasteiger partial charge in [0.1, 0.15) is 4.88 Å². The summed E-state index contributed by atoms with van der Waals surface area (Å²) in [5.74, 6) is -1.41. The maximum atomic E-state index is 12.0. The maximum Gasteiger partial charge on any atom is 0.337 e. The summed E-state index contributed by atoms with van der Waals surface area (Å²) in [6, 6.07) is 4.86. The number of hydrogen-bond acceptors (Lipinski definition) is 4. The largest absolute Gasteiger partial charge is 0.478 e. The minimum Gasteiger partial charge on any atom is -0.478 e. The molecule has 0 radical (unpaired) electrons. The molecule has 5 nitrogen and oxygen atoms in total. The molecule has 1 aromatic carbocycles. The summed E-state index contributed by atoms with van der Waals surface area (Å²) < 4.78 is 0. The first-order valence-electron chi connectivity index (χ1n) is 5.55. The van der Waals surface area contributed by atoms with Crippen LogP contribution in [0.25, 0.3) is 0 Å². The topological polar surface area (TPSA) is 79.3 Å². The molecule has 0 aliphatic carbocycles. The lowest BCUT2D eigenvalue weighted by Gasteiger charge is -2.10. The van der Waals surface area contributed by atoms with Crippen LogP contribution in [0, 0.1) is 13.8 Å². The Kier molecular flexibility index (Phi) is 3.62. The molecular weight excluding hydrogens is 264 g/mol. The lowest BCUT2D eigenvalue weighted by atomic mass is 10.1. The summed E-state index contributed by atoms with van der Waals surface area (Å²) in [7, 11) is 0. The third-order valence-electron chi connectivity index (χ3n) is 2.59. The Labute approximate surface area is 113 Å². The fourth-order valence-corrected chi connectivity index (χ4v) is 2.33. The number of aromatic carboxylic acids is 1. The predicted molar refractivity (Wildman–Crippen MR) is 72.9 cm³/mol. The quantitative estimate of drug-likeness (QED) is 0.903. The van der Waals surface area contributed by atoms with Crippen molar-refractivity contribution in [2.45, 2.75) is 13.8 Å². The highest BCUT2D eigenvalue weighted by Crippen LogP contribution is 2.22. The van der Waals surface area contributed by atoms with Crippen molar-refractivity contribution in [1.82, 2.24) is 4.98 Å². The van der Waals surface area contributed by atoms with Crippen molar-refractivity contribution < 1.29 is 14.7 Å². The van der Waals surface area contributed by atoms with Crippen LogP contribution >= 0.6 is 11.3 Å². The zero-order valence-electron chi connectivity index (χ0n) is 10.4. The highest BCUT2D eigenvalue weighted by Gasteiger charge is 2.16. The number of carbonyl (C=O) groups is 2. The molecule has 0 aliphatic rings. The molecule has 0 unspecified atom stereocenters. The summed E-state index contributed by atoms with van der Waals surface area (Å²) in [4.78, 5) is 27.6. The Hall–Kier alpha value is -2.21. The van der Waals surface area contributed by atoms with E-state index in [9.17, 15) is 9.59 Å². The van der Waals surface area contributed by atoms with Gasteiger partial charge in [-0.15, -0.1) is 11.3 Å². The van der Waals surface area contributed by atoms with Crippen LogP contribution in [0.2, 0.25) is 0 Å². The van der Waals surface area contributed by atoms with Gasteiger partial charge < -0.3 is 10.4 Å². The molecule has 6 heteroatoms. The van der Waals surface area contributed by atoms with Gasteiger partial charge in [-0.2, -0.15) is 0 Å². The summed E-state index contributed by atoms with van der Waals surface area (Å²) >= 11 is 1.26. The molecule has 0 saturated heterocycles. The van der Waals surface area contributed by atoms with Crippen LogP contribution in [0.3, 0.4) is 0 Å². The molecule has 1 amide bonds. The van der Waals surface area contributed by atoms with Crippen LogP contribution in [0.1, 0.15) is 30.6 Å². The van der Waals surface area contributed by atoms with Gasteiger partial charge in [-0.1, -0.05) is 12.1 Å². The van der Waals surface area contributed by atoms with Crippen LogP contribution in [0.4, 0.5) is 5.69 Å². The number of thiazole rings is 1. The third-order valence-corrected chi connectivity index (χ3v) is 3.50. The van der Waals surface area contributed by atoms with E-state index in [4.69, 9.17) is 5.11 Å². The van der Waals surface area contributed by atoms with Crippen LogP contribution in [-0.4, -0.2) is 22.0 Å². The van der Waals surface area contributed by atoms with E-state index in [0.29, 0.717) is 16.1 Å². The highest BCUT2D eigenvalue weighted by atomic mass is 32.1. The van der Waals surface area contributed by atoms with Crippen LogP contribution in [0.5, 0.6) is 0 Å². The Morgan fingerprint density at radius 2 is 2.05 bits per heavy atom. The second-order valence-corrected chi connectivity index (χ2v) is 5.24. The fourth-order valence-electron chi connectivity index (χ4n) is 1.65. The molecular formula is C13H12N2O3S. The number of nitrogens with one attached hydrogen (secondary N) is 1. The lowest BCUT2D eigenvalue weighted by molar-refractivity contribution is 0.0698. The Balaban J connectivity index is 2.33. The summed E-state index contributed by atoms with van der Waals surface area (Å²) in [6.45, 7) is 3.55. The molecule has 0 aliphatic heterocycles. The van der Waals surface area contributed by atoms with Gasteiger partial charge >= 0.3 is 5.97 Å². The van der Waals surface area contributed by atoms with Crippen LogP contribution in [-0.2, 0) is 0 Å². The molecule has 0 bridgehead atoms. The number of anilines is 1. The van der Waals surface area contributed by atoms with Crippen molar-refractivity contribution in [3.8, 4) is 0 Å². The van der Waals surface area contributed by atoms with E-state index in [1.165, 1.54) is 23.6 Å². The van der Waals surface area contributed by atoms with Crippen LogP contribution in [0.15, 0.2) is 24.4 Å². The van der Waals surface area contributed by atoms with Gasteiger partial charge in [-0.25, -0.2) is 9.78 Å². The van der Waals surface area contributed by atoms with E-state index in [-0.39, 0.29) is 11.5 Å². The number of carbonyl (C=O) groups excluding carboxylic acids is 1. The molecule has 1 aromatic heterocycles. The second kappa shape index (κ2) is 5.19. The van der Waals surface area contributed by atoms with Crippen molar-refractivity contribution in [2.75, 3.05) is 5.32 Å². The van der Waals surface area contributed by atoms with Gasteiger partial charge in [0, 0.05) is 0 Å². The number of nitrogens with zero attached hydrogens (tertiary/aromatic N) is 1. The van der Waals surface area contributed by atoms with Crippen molar-refractivity contribution in [2.24, 2.45) is 0 Å². The van der Waals surface area contributed by atoms with E-state index >= 15 is 0 Å². The van der Waals surface area contributed by atoms with Crippen molar-refractivity contribution in [1.29, 1.82) is 0 Å². The van der Waals surface area contributed by atoms with E-state index in [0.717, 1.165) is 5.01 Å². The second-order valence-electron chi connectivity index (χ2n) is 4.00. The molecule has 98 valence electrons. The molecule has 0 fully saturated rings. The average Bonchev–Trinajstić information content (AvgIpc) is 2.78. The monoisotopic (exact) mass is 276 g/mol. The molecule has 2 aromatic rings. The minimum atomic E-state index is -1.07. The highest BCUT2D eigenvalue weighted by molar-refractivity contribution is 7.13. The smallest absolute Gasteiger partial charge is 0.337 e. The van der Waals surface area contributed by atoms with Gasteiger partial charge in [0.25, 0.3) is 5.91 Å². The van der Waals surface area contributed by atoms with E-state index in [1.807, 2.05) is 0 Å². The number of hydrogen-bond donors (Lipinski definition) is 2.